The molecule has 0 aliphatic heterocycles. The molecule has 0 bridgehead atoms. The summed E-state index contributed by atoms with van der Waals surface area (Å²) < 4.78 is 5.90. The first-order valence-electron chi connectivity index (χ1n) is 14.1. The number of aryl methyl sites for hydroxylation is 4. The topological polar surface area (TPSA) is 89.0 Å². The second-order valence-electron chi connectivity index (χ2n) is 10.3. The Morgan fingerprint density at radius 1 is 0.900 bits per heavy atom. The van der Waals surface area contributed by atoms with Crippen LogP contribution in [-0.4, -0.2) is 33.9 Å². The summed E-state index contributed by atoms with van der Waals surface area (Å²) in [5.74, 6) is 0.646. The molecule has 0 spiro atoms. The zero-order chi connectivity index (χ0) is 27.9. The van der Waals surface area contributed by atoms with Gasteiger partial charge in [-0.15, -0.1) is 0 Å². The SMILES string of the molecule is Cc1nc(C)c(COc2ccc(/C=C/C(=O)NCCCNc3c4c(nc5ccccc35)CCCC4)cc2)nc1C. The summed E-state index contributed by atoms with van der Waals surface area (Å²) in [6.45, 7) is 7.62. The van der Waals surface area contributed by atoms with Gasteiger partial charge in [-0.3, -0.25) is 19.7 Å². The summed E-state index contributed by atoms with van der Waals surface area (Å²) in [5, 5.41) is 7.82. The lowest BCUT2D eigenvalue weighted by Crippen LogP contribution is -2.24. The minimum atomic E-state index is -0.101. The number of carbonyl (C=O) groups excluding carboxylic acids is 1. The molecule has 0 unspecified atom stereocenters. The summed E-state index contributed by atoms with van der Waals surface area (Å²) in [7, 11) is 0. The normalized spacial score (nSPS) is 12.9. The summed E-state index contributed by atoms with van der Waals surface area (Å²) in [6.07, 6.45) is 8.76. The number of benzene rings is 2. The van der Waals surface area contributed by atoms with Gasteiger partial charge in [0, 0.05) is 35.9 Å². The number of nitrogens with one attached hydrogen (secondary N) is 2. The van der Waals surface area contributed by atoms with Gasteiger partial charge in [0.25, 0.3) is 0 Å². The fourth-order valence-corrected chi connectivity index (χ4v) is 5.04. The summed E-state index contributed by atoms with van der Waals surface area (Å²) in [4.78, 5) is 26.4. The van der Waals surface area contributed by atoms with Gasteiger partial charge in [0.1, 0.15) is 12.4 Å². The number of nitrogens with zero attached hydrogens (tertiary/aromatic N) is 3. The van der Waals surface area contributed by atoms with Crippen LogP contribution in [0.4, 0.5) is 5.69 Å². The quantitative estimate of drug-likeness (QED) is 0.190. The average molecular weight is 536 g/mol. The van der Waals surface area contributed by atoms with Crippen LogP contribution in [0.3, 0.4) is 0 Å². The highest BCUT2D eigenvalue weighted by atomic mass is 16.5. The second kappa shape index (κ2) is 12.7. The van der Waals surface area contributed by atoms with Crippen molar-refractivity contribution in [1.82, 2.24) is 20.3 Å². The van der Waals surface area contributed by atoms with Crippen LogP contribution >= 0.6 is 0 Å². The fourth-order valence-electron chi connectivity index (χ4n) is 5.04. The number of carbonyl (C=O) groups is 1. The summed E-state index contributed by atoms with van der Waals surface area (Å²) >= 11 is 0. The Morgan fingerprint density at radius 3 is 2.52 bits per heavy atom. The van der Waals surface area contributed by atoms with Crippen molar-refractivity contribution in [3.8, 4) is 5.75 Å². The molecule has 1 aliphatic carbocycles. The van der Waals surface area contributed by atoms with E-state index >= 15 is 0 Å². The van der Waals surface area contributed by atoms with Gasteiger partial charge in [-0.1, -0.05) is 30.3 Å². The maximum Gasteiger partial charge on any atom is 0.244 e. The number of aromatic nitrogens is 3. The molecule has 0 saturated heterocycles. The van der Waals surface area contributed by atoms with Crippen molar-refractivity contribution in [2.24, 2.45) is 0 Å². The zero-order valence-corrected chi connectivity index (χ0v) is 23.6. The van der Waals surface area contributed by atoms with Crippen molar-refractivity contribution in [1.29, 1.82) is 0 Å². The van der Waals surface area contributed by atoms with E-state index in [2.05, 4.69) is 38.8 Å². The standard InChI is InChI=1S/C33H37N5O2/c1-22-23(2)37-31(24(3)36-22)21-40-26-16-13-25(14-17-26)15-18-32(39)34-19-8-20-35-33-27-9-4-6-11-29(27)38-30-12-7-5-10-28(30)33/h4,6,9,11,13-18H,5,7-8,10,12,19-21H2,1-3H3,(H,34,39)(H,35,38)/b18-15+. The van der Waals surface area contributed by atoms with Crippen molar-refractivity contribution < 1.29 is 9.53 Å². The molecule has 7 nitrogen and oxygen atoms in total. The molecule has 2 heterocycles. The number of rotatable bonds is 10. The van der Waals surface area contributed by atoms with Gasteiger partial charge in [0.15, 0.2) is 0 Å². The number of ether oxygens (including phenoxy) is 1. The van der Waals surface area contributed by atoms with E-state index in [-0.39, 0.29) is 5.91 Å². The Balaban J connectivity index is 1.07. The average Bonchev–Trinajstić information content (AvgIpc) is 2.97. The minimum Gasteiger partial charge on any atom is -0.487 e. The highest BCUT2D eigenvalue weighted by Gasteiger charge is 2.17. The van der Waals surface area contributed by atoms with Gasteiger partial charge in [-0.2, -0.15) is 0 Å². The third-order valence-corrected chi connectivity index (χ3v) is 7.39. The smallest absolute Gasteiger partial charge is 0.244 e. The van der Waals surface area contributed by atoms with Crippen LogP contribution in [0.25, 0.3) is 17.0 Å². The number of anilines is 1. The van der Waals surface area contributed by atoms with Crippen LogP contribution in [0.5, 0.6) is 5.75 Å². The van der Waals surface area contributed by atoms with Gasteiger partial charge < -0.3 is 15.4 Å². The molecule has 5 rings (SSSR count). The van der Waals surface area contributed by atoms with Crippen LogP contribution in [0.15, 0.2) is 54.6 Å². The molecule has 2 N–H and O–H groups in total. The van der Waals surface area contributed by atoms with E-state index < -0.39 is 0 Å². The molecule has 0 radical (unpaired) electrons. The number of hydrogen-bond acceptors (Lipinski definition) is 6. The first kappa shape index (κ1) is 27.3. The third-order valence-electron chi connectivity index (χ3n) is 7.39. The minimum absolute atomic E-state index is 0.101. The molecule has 2 aromatic heterocycles. The molecule has 4 aromatic rings. The lowest BCUT2D eigenvalue weighted by molar-refractivity contribution is -0.116. The molecule has 40 heavy (non-hydrogen) atoms. The molecule has 0 fully saturated rings. The monoisotopic (exact) mass is 535 g/mol. The van der Waals surface area contributed by atoms with Crippen molar-refractivity contribution in [3.05, 3.63) is 94.2 Å². The van der Waals surface area contributed by atoms with E-state index in [1.807, 2.05) is 57.2 Å². The lowest BCUT2D eigenvalue weighted by atomic mass is 9.92. The Kier molecular flexibility index (Phi) is 8.69. The third kappa shape index (κ3) is 6.65. The molecule has 0 saturated carbocycles. The maximum atomic E-state index is 12.4. The molecule has 2 aromatic carbocycles. The summed E-state index contributed by atoms with van der Waals surface area (Å²) in [6, 6.07) is 16.0. The number of para-hydroxylation sites is 1. The van der Waals surface area contributed by atoms with Crippen LogP contribution in [-0.2, 0) is 24.2 Å². The predicted octanol–water partition coefficient (Wildman–Crippen LogP) is 6.04. The number of fused-ring (bicyclic) bond motifs is 2. The largest absolute Gasteiger partial charge is 0.487 e. The van der Waals surface area contributed by atoms with E-state index in [1.54, 1.807) is 6.08 Å². The van der Waals surface area contributed by atoms with E-state index in [1.165, 1.54) is 35.2 Å². The Morgan fingerprint density at radius 2 is 1.68 bits per heavy atom. The second-order valence-corrected chi connectivity index (χ2v) is 10.3. The van der Waals surface area contributed by atoms with Crippen LogP contribution in [0.2, 0.25) is 0 Å². The van der Waals surface area contributed by atoms with Gasteiger partial charge >= 0.3 is 0 Å². The first-order valence-corrected chi connectivity index (χ1v) is 14.1. The number of pyridine rings is 1. The molecular weight excluding hydrogens is 498 g/mol. The van der Waals surface area contributed by atoms with Crippen molar-refractivity contribution in [2.45, 2.75) is 59.5 Å². The van der Waals surface area contributed by atoms with Crippen LogP contribution in [0, 0.1) is 20.8 Å². The van der Waals surface area contributed by atoms with Crippen LogP contribution < -0.4 is 15.4 Å². The highest BCUT2D eigenvalue weighted by Crippen LogP contribution is 2.33. The lowest BCUT2D eigenvalue weighted by Gasteiger charge is -2.21. The maximum absolute atomic E-state index is 12.4. The number of amides is 1. The Hall–Kier alpha value is -4.26. The van der Waals surface area contributed by atoms with Crippen molar-refractivity contribution in [3.63, 3.8) is 0 Å². The van der Waals surface area contributed by atoms with E-state index in [0.29, 0.717) is 13.2 Å². The molecule has 1 amide bonds. The molecular formula is C33H37N5O2. The van der Waals surface area contributed by atoms with Crippen molar-refractivity contribution in [2.75, 3.05) is 18.4 Å². The number of hydrogen-bond donors (Lipinski definition) is 2. The molecule has 206 valence electrons. The van der Waals surface area contributed by atoms with Gasteiger partial charge in [0.05, 0.1) is 28.3 Å². The van der Waals surface area contributed by atoms with Crippen LogP contribution in [0.1, 0.15) is 58.9 Å². The van der Waals surface area contributed by atoms with Crippen molar-refractivity contribution >= 4 is 28.6 Å². The van der Waals surface area contributed by atoms with Gasteiger partial charge in [-0.05, 0) is 88.3 Å². The molecule has 0 atom stereocenters. The first-order chi connectivity index (χ1) is 19.5. The highest BCUT2D eigenvalue weighted by molar-refractivity contribution is 5.93. The molecule has 7 heteroatoms. The fraction of sp³-hybridized carbons (Fsp3) is 0.333. The Labute approximate surface area is 236 Å². The van der Waals surface area contributed by atoms with E-state index in [4.69, 9.17) is 9.72 Å². The van der Waals surface area contributed by atoms with Gasteiger partial charge in [-0.25, -0.2) is 0 Å². The molecule has 1 aliphatic rings. The van der Waals surface area contributed by atoms with E-state index in [0.717, 1.165) is 65.4 Å². The van der Waals surface area contributed by atoms with Gasteiger partial charge in [0.2, 0.25) is 5.91 Å². The Bertz CT molecular complexity index is 1530. The predicted molar refractivity (Wildman–Crippen MR) is 161 cm³/mol. The van der Waals surface area contributed by atoms with E-state index in [9.17, 15) is 4.79 Å². The summed E-state index contributed by atoms with van der Waals surface area (Å²) in [5.41, 5.74) is 9.38. The zero-order valence-electron chi connectivity index (χ0n) is 23.6.